The summed E-state index contributed by atoms with van der Waals surface area (Å²) in [5.41, 5.74) is 0.948. The van der Waals surface area contributed by atoms with Crippen LogP contribution in [0.3, 0.4) is 0 Å². The maximum atomic E-state index is 15.1. The van der Waals surface area contributed by atoms with Crippen molar-refractivity contribution in [2.24, 2.45) is 0 Å². The molecule has 1 saturated carbocycles. The van der Waals surface area contributed by atoms with Gasteiger partial charge >= 0.3 is 0 Å². The predicted octanol–water partition coefficient (Wildman–Crippen LogP) is 4.05. The summed E-state index contributed by atoms with van der Waals surface area (Å²) < 4.78 is 25.4. The second-order valence-electron chi connectivity index (χ2n) is 7.91. The fourth-order valence-electron chi connectivity index (χ4n) is 3.85. The highest BCUT2D eigenvalue weighted by atomic mass is 19.1. The molecule has 0 bridgehead atoms. The Balaban J connectivity index is 1.37. The van der Waals surface area contributed by atoms with Crippen LogP contribution in [0.5, 0.6) is 0 Å². The maximum Gasteiger partial charge on any atom is 0.248 e. The molecule has 1 aliphatic carbocycles. The normalized spacial score (nSPS) is 19.1. The van der Waals surface area contributed by atoms with E-state index in [4.69, 9.17) is 9.05 Å². The van der Waals surface area contributed by atoms with E-state index in [1.807, 2.05) is 4.90 Å². The van der Waals surface area contributed by atoms with Gasteiger partial charge in [-0.05, 0) is 57.2 Å². The van der Waals surface area contributed by atoms with Crippen LogP contribution in [-0.2, 0) is 4.79 Å². The Kier molecular flexibility index (Phi) is 4.72. The van der Waals surface area contributed by atoms with E-state index in [2.05, 4.69) is 20.6 Å². The third-order valence-corrected chi connectivity index (χ3v) is 5.57. The number of piperidine rings is 1. The van der Waals surface area contributed by atoms with Gasteiger partial charge in [-0.3, -0.25) is 4.79 Å². The highest BCUT2D eigenvalue weighted by molar-refractivity contribution is 5.96. The first-order valence-electron chi connectivity index (χ1n) is 10.2. The first-order chi connectivity index (χ1) is 14.6. The Morgan fingerprint density at radius 1 is 1.17 bits per heavy atom. The number of nitrogens with one attached hydrogen (secondary N) is 1. The minimum Gasteiger partial charge on any atom is -0.360 e. The average molecular weight is 411 g/mol. The van der Waals surface area contributed by atoms with E-state index < -0.39 is 11.9 Å². The fraction of sp³-hybridized carbons (Fsp3) is 0.429. The Labute approximate surface area is 172 Å². The number of anilines is 2. The lowest BCUT2D eigenvalue weighted by Gasteiger charge is -2.36. The largest absolute Gasteiger partial charge is 0.360 e. The van der Waals surface area contributed by atoms with E-state index in [0.717, 1.165) is 25.7 Å². The van der Waals surface area contributed by atoms with Gasteiger partial charge < -0.3 is 19.3 Å². The van der Waals surface area contributed by atoms with Crippen LogP contribution in [0.2, 0.25) is 0 Å². The van der Waals surface area contributed by atoms with Gasteiger partial charge in [0.15, 0.2) is 5.82 Å². The molecule has 1 aliphatic heterocycles. The third-order valence-electron chi connectivity index (χ3n) is 5.57. The number of amides is 1. The monoisotopic (exact) mass is 411 g/mol. The standard InChI is InChI=1S/C21H22FN5O3/c1-12-10-18(25-29-12)23-20(28)17-4-2-3-9-27(17)16-8-7-14(11-15(16)22)19-24-21(30-26-19)13-5-6-13/h7-8,10-11,13,17H,2-6,9H2,1H3,(H,23,25,28). The number of hydrogen-bond donors (Lipinski definition) is 1. The number of halogens is 1. The minimum atomic E-state index is -0.484. The highest BCUT2D eigenvalue weighted by Gasteiger charge is 2.32. The van der Waals surface area contributed by atoms with Crippen LogP contribution in [0.4, 0.5) is 15.9 Å². The maximum absolute atomic E-state index is 15.1. The molecule has 3 heterocycles. The number of aromatic nitrogens is 3. The van der Waals surface area contributed by atoms with Crippen molar-refractivity contribution >= 4 is 17.4 Å². The SMILES string of the molecule is Cc1cc(NC(=O)C2CCCCN2c2ccc(-c3noc(C4CC4)n3)cc2F)no1. The number of hydrogen-bond acceptors (Lipinski definition) is 7. The van der Waals surface area contributed by atoms with E-state index >= 15 is 4.39 Å². The second kappa shape index (κ2) is 7.55. The van der Waals surface area contributed by atoms with Gasteiger partial charge in [-0.2, -0.15) is 4.98 Å². The smallest absolute Gasteiger partial charge is 0.248 e. The molecular formula is C21H22FN5O3. The molecule has 5 rings (SSSR count). The molecule has 1 amide bonds. The molecule has 0 spiro atoms. The molecule has 156 valence electrons. The number of nitrogens with zero attached hydrogens (tertiary/aromatic N) is 4. The molecular weight excluding hydrogens is 389 g/mol. The van der Waals surface area contributed by atoms with Gasteiger partial charge in [0.1, 0.15) is 17.6 Å². The molecule has 1 unspecified atom stereocenters. The molecule has 1 atom stereocenters. The van der Waals surface area contributed by atoms with Gasteiger partial charge in [-0.1, -0.05) is 10.3 Å². The van der Waals surface area contributed by atoms with Crippen molar-refractivity contribution < 1.29 is 18.2 Å². The Bertz CT molecular complexity index is 1070. The third kappa shape index (κ3) is 3.67. The van der Waals surface area contributed by atoms with Crippen LogP contribution >= 0.6 is 0 Å². The number of carbonyl (C=O) groups is 1. The van der Waals surface area contributed by atoms with Crippen LogP contribution in [0.15, 0.2) is 33.3 Å². The zero-order valence-electron chi connectivity index (χ0n) is 16.6. The second-order valence-corrected chi connectivity index (χ2v) is 7.91. The zero-order chi connectivity index (χ0) is 20.7. The van der Waals surface area contributed by atoms with Crippen molar-refractivity contribution in [3.8, 4) is 11.4 Å². The van der Waals surface area contributed by atoms with Gasteiger partial charge in [0.2, 0.25) is 17.6 Å². The molecule has 1 N–H and O–H groups in total. The lowest BCUT2D eigenvalue weighted by molar-refractivity contribution is -0.117. The first-order valence-corrected chi connectivity index (χ1v) is 10.2. The molecule has 30 heavy (non-hydrogen) atoms. The summed E-state index contributed by atoms with van der Waals surface area (Å²) in [6.45, 7) is 2.35. The van der Waals surface area contributed by atoms with E-state index in [1.54, 1.807) is 25.1 Å². The van der Waals surface area contributed by atoms with Crippen molar-refractivity contribution in [1.29, 1.82) is 0 Å². The number of rotatable bonds is 5. The molecule has 2 aliphatic rings. The van der Waals surface area contributed by atoms with Crippen molar-refractivity contribution in [3.63, 3.8) is 0 Å². The van der Waals surface area contributed by atoms with E-state index in [0.29, 0.717) is 53.4 Å². The fourth-order valence-corrected chi connectivity index (χ4v) is 3.85. The van der Waals surface area contributed by atoms with Crippen LogP contribution in [0.1, 0.15) is 49.7 Å². The molecule has 8 nitrogen and oxygen atoms in total. The van der Waals surface area contributed by atoms with Crippen LogP contribution in [-0.4, -0.2) is 33.8 Å². The molecule has 2 fully saturated rings. The van der Waals surface area contributed by atoms with Gasteiger partial charge in [-0.15, -0.1) is 0 Å². The van der Waals surface area contributed by atoms with Gasteiger partial charge in [0.25, 0.3) is 0 Å². The molecule has 9 heteroatoms. The Morgan fingerprint density at radius 2 is 2.03 bits per heavy atom. The summed E-state index contributed by atoms with van der Waals surface area (Å²) in [6, 6.07) is 6.03. The van der Waals surface area contributed by atoms with E-state index in [-0.39, 0.29) is 5.91 Å². The summed E-state index contributed by atoms with van der Waals surface area (Å²) in [4.78, 5) is 19.0. The molecule has 1 saturated heterocycles. The lowest BCUT2D eigenvalue weighted by atomic mass is 9.99. The lowest BCUT2D eigenvalue weighted by Crippen LogP contribution is -2.47. The predicted molar refractivity (Wildman–Crippen MR) is 107 cm³/mol. The summed E-state index contributed by atoms with van der Waals surface area (Å²) in [7, 11) is 0. The summed E-state index contributed by atoms with van der Waals surface area (Å²) in [6.07, 6.45) is 4.55. The first kappa shape index (κ1) is 18.8. The van der Waals surface area contributed by atoms with Crippen molar-refractivity contribution in [1.82, 2.24) is 15.3 Å². The van der Waals surface area contributed by atoms with Crippen molar-refractivity contribution in [2.75, 3.05) is 16.8 Å². The summed E-state index contributed by atoms with van der Waals surface area (Å²) in [5, 5.41) is 10.6. The number of aryl methyl sites for hydroxylation is 1. The van der Waals surface area contributed by atoms with Gasteiger partial charge in [0, 0.05) is 24.1 Å². The quantitative estimate of drug-likeness (QED) is 0.676. The minimum absolute atomic E-state index is 0.223. The van der Waals surface area contributed by atoms with Gasteiger partial charge in [-0.25, -0.2) is 4.39 Å². The summed E-state index contributed by atoms with van der Waals surface area (Å²) >= 11 is 0. The topological polar surface area (TPSA) is 97.3 Å². The van der Waals surface area contributed by atoms with Crippen LogP contribution < -0.4 is 10.2 Å². The summed E-state index contributed by atoms with van der Waals surface area (Å²) in [5.74, 6) is 1.68. The van der Waals surface area contributed by atoms with E-state index in [9.17, 15) is 4.79 Å². The Morgan fingerprint density at radius 3 is 2.77 bits per heavy atom. The average Bonchev–Trinajstić information content (AvgIpc) is 3.33. The highest BCUT2D eigenvalue weighted by Crippen LogP contribution is 2.39. The number of benzene rings is 1. The van der Waals surface area contributed by atoms with Crippen LogP contribution in [0, 0.1) is 12.7 Å². The van der Waals surface area contributed by atoms with Crippen molar-refractivity contribution in [3.05, 3.63) is 41.7 Å². The van der Waals surface area contributed by atoms with E-state index in [1.165, 1.54) is 6.07 Å². The molecule has 1 aromatic carbocycles. The molecule has 0 radical (unpaired) electrons. The van der Waals surface area contributed by atoms with Crippen LogP contribution in [0.25, 0.3) is 11.4 Å². The number of carbonyl (C=O) groups excluding carboxylic acids is 1. The molecule has 3 aromatic rings. The molecule has 2 aromatic heterocycles. The Hall–Kier alpha value is -3.23. The van der Waals surface area contributed by atoms with Crippen molar-refractivity contribution in [2.45, 2.75) is 51.0 Å². The zero-order valence-corrected chi connectivity index (χ0v) is 16.6. The van der Waals surface area contributed by atoms with Gasteiger partial charge in [0.05, 0.1) is 5.69 Å².